The highest BCUT2D eigenvalue weighted by atomic mass is 19.4. The average Bonchev–Trinajstić information content (AvgIpc) is 2.91. The van der Waals surface area contributed by atoms with Gasteiger partial charge in [-0.25, -0.2) is 14.8 Å². The minimum atomic E-state index is -5.08. The first kappa shape index (κ1) is 32.5. The van der Waals surface area contributed by atoms with Crippen LogP contribution >= 0.6 is 0 Å². The summed E-state index contributed by atoms with van der Waals surface area (Å²) in [4.78, 5) is 31.6. The molecule has 0 bridgehead atoms. The van der Waals surface area contributed by atoms with E-state index in [1.54, 1.807) is 0 Å². The monoisotopic (exact) mass is 587 g/mol. The quantitative estimate of drug-likeness (QED) is 0.302. The van der Waals surface area contributed by atoms with Crippen LogP contribution in [0.1, 0.15) is 61.1 Å². The van der Waals surface area contributed by atoms with Crippen molar-refractivity contribution in [1.29, 1.82) is 0 Å². The largest absolute Gasteiger partial charge is 0.490 e. The second-order valence-electron chi connectivity index (χ2n) is 10.8. The number of halogens is 3. The Kier molecular flexibility index (Phi) is 11.0. The Labute approximate surface area is 243 Å². The molecule has 0 aliphatic carbocycles. The van der Waals surface area contributed by atoms with Crippen LogP contribution in [0.5, 0.6) is 5.75 Å². The van der Waals surface area contributed by atoms with Crippen molar-refractivity contribution in [2.75, 3.05) is 13.1 Å². The Morgan fingerprint density at radius 1 is 1.07 bits per heavy atom. The number of aromatic nitrogens is 2. The Morgan fingerprint density at radius 3 is 2.31 bits per heavy atom. The van der Waals surface area contributed by atoms with Crippen LogP contribution in [0.15, 0.2) is 48.7 Å². The molecule has 0 amide bonds. The van der Waals surface area contributed by atoms with Gasteiger partial charge in [0.2, 0.25) is 0 Å². The molecule has 11 heteroatoms. The molecule has 2 heterocycles. The van der Waals surface area contributed by atoms with Crippen LogP contribution in [-0.4, -0.2) is 56.3 Å². The van der Waals surface area contributed by atoms with Gasteiger partial charge in [0.15, 0.2) is 5.82 Å². The van der Waals surface area contributed by atoms with E-state index in [9.17, 15) is 18.0 Å². The van der Waals surface area contributed by atoms with E-state index in [-0.39, 0.29) is 12.3 Å². The first-order valence-corrected chi connectivity index (χ1v) is 13.6. The maximum absolute atomic E-state index is 11.0. The topological polar surface area (TPSA) is 113 Å². The molecule has 1 atom stereocenters. The zero-order valence-corrected chi connectivity index (χ0v) is 24.1. The van der Waals surface area contributed by atoms with Gasteiger partial charge in [0, 0.05) is 49.8 Å². The fourth-order valence-electron chi connectivity index (χ4n) is 4.58. The maximum atomic E-state index is 11.0. The Morgan fingerprint density at radius 2 is 1.74 bits per heavy atom. The summed E-state index contributed by atoms with van der Waals surface area (Å²) in [5.74, 6) is -1.25. The summed E-state index contributed by atoms with van der Waals surface area (Å²) in [5.41, 5.74) is 6.74. The van der Waals surface area contributed by atoms with Crippen LogP contribution in [0.2, 0.25) is 0 Å². The molecule has 0 spiro atoms. The first-order valence-electron chi connectivity index (χ1n) is 13.6. The summed E-state index contributed by atoms with van der Waals surface area (Å²) in [5, 5.41) is 16.1. The van der Waals surface area contributed by atoms with Crippen molar-refractivity contribution in [3.8, 4) is 17.1 Å². The Hall–Kier alpha value is -3.99. The van der Waals surface area contributed by atoms with Crippen molar-refractivity contribution >= 4 is 11.9 Å². The number of hydrogen-bond acceptors (Lipinski definition) is 6. The fraction of sp³-hybridized carbons (Fsp3) is 0.419. The van der Waals surface area contributed by atoms with Gasteiger partial charge < -0.3 is 14.9 Å². The molecule has 1 aliphatic rings. The molecular weight excluding hydrogens is 551 g/mol. The van der Waals surface area contributed by atoms with E-state index in [0.717, 1.165) is 65.6 Å². The molecule has 2 aromatic carbocycles. The lowest BCUT2D eigenvalue weighted by atomic mass is 10.0. The summed E-state index contributed by atoms with van der Waals surface area (Å²) in [7, 11) is 0. The van der Waals surface area contributed by atoms with Crippen LogP contribution in [0.4, 0.5) is 13.2 Å². The van der Waals surface area contributed by atoms with Gasteiger partial charge in [-0.15, -0.1) is 0 Å². The van der Waals surface area contributed by atoms with Gasteiger partial charge in [-0.2, -0.15) is 13.2 Å². The van der Waals surface area contributed by atoms with Gasteiger partial charge in [-0.1, -0.05) is 45.0 Å². The van der Waals surface area contributed by atoms with Gasteiger partial charge in [0.1, 0.15) is 12.4 Å². The number of nitrogens with zero attached hydrogens (tertiary/aromatic N) is 3. The zero-order valence-electron chi connectivity index (χ0n) is 24.1. The number of carboxylic acids is 2. The molecule has 4 rings (SSSR count). The number of fused-ring (bicyclic) bond motifs is 1. The number of rotatable bonds is 9. The van der Waals surface area contributed by atoms with Crippen LogP contribution in [0.25, 0.3) is 11.4 Å². The average molecular weight is 588 g/mol. The standard InChI is InChI=1S/C29H35N3O3.C2HF3O2/c1-19(2)23-7-5-22(6-8-23)18-35-27-10-9-24(14-21(27)4)29-30-15-25-17-32(12-11-26(25)31-29)16-20(3)13-28(33)34;3-2(4,5)1(6)7/h5-10,14-15,19-20H,11-13,16-18H2,1-4H3,(H,33,34);(H,6,7). The molecule has 3 aromatic rings. The van der Waals surface area contributed by atoms with Gasteiger partial charge in [0.05, 0.1) is 5.69 Å². The lowest BCUT2D eigenvalue weighted by Gasteiger charge is -2.29. The highest BCUT2D eigenvalue weighted by Crippen LogP contribution is 2.27. The van der Waals surface area contributed by atoms with E-state index in [0.29, 0.717) is 12.5 Å². The van der Waals surface area contributed by atoms with E-state index in [2.05, 4.69) is 61.0 Å². The van der Waals surface area contributed by atoms with Crippen LogP contribution in [0.3, 0.4) is 0 Å². The summed E-state index contributed by atoms with van der Waals surface area (Å²) < 4.78 is 37.8. The molecule has 1 unspecified atom stereocenters. The summed E-state index contributed by atoms with van der Waals surface area (Å²) in [6, 6.07) is 14.7. The molecular formula is C31H36F3N3O5. The number of hydrogen-bond donors (Lipinski definition) is 2. The second kappa shape index (κ2) is 14.3. The maximum Gasteiger partial charge on any atom is 0.490 e. The molecule has 0 radical (unpaired) electrons. The molecule has 0 saturated carbocycles. The first-order chi connectivity index (χ1) is 19.7. The van der Waals surface area contributed by atoms with Crippen molar-refractivity contribution in [2.24, 2.45) is 5.92 Å². The molecule has 2 N–H and O–H groups in total. The van der Waals surface area contributed by atoms with Crippen molar-refractivity contribution in [3.05, 3.63) is 76.6 Å². The fourth-order valence-corrected chi connectivity index (χ4v) is 4.58. The molecule has 0 saturated heterocycles. The third-order valence-electron chi connectivity index (χ3n) is 6.82. The number of alkyl halides is 3. The highest BCUT2D eigenvalue weighted by Gasteiger charge is 2.38. The third-order valence-corrected chi connectivity index (χ3v) is 6.82. The van der Waals surface area contributed by atoms with E-state index >= 15 is 0 Å². The molecule has 226 valence electrons. The van der Waals surface area contributed by atoms with Crippen molar-refractivity contribution < 1.29 is 37.7 Å². The van der Waals surface area contributed by atoms with Crippen molar-refractivity contribution in [2.45, 2.75) is 65.8 Å². The second-order valence-corrected chi connectivity index (χ2v) is 10.8. The van der Waals surface area contributed by atoms with Crippen LogP contribution in [-0.2, 0) is 29.2 Å². The number of aliphatic carboxylic acids is 2. The summed E-state index contributed by atoms with van der Waals surface area (Å²) in [6.07, 6.45) is -2.12. The summed E-state index contributed by atoms with van der Waals surface area (Å²) >= 11 is 0. The van der Waals surface area contributed by atoms with Crippen molar-refractivity contribution in [1.82, 2.24) is 14.9 Å². The van der Waals surface area contributed by atoms with E-state index in [4.69, 9.17) is 24.7 Å². The molecule has 0 fully saturated rings. The molecule has 1 aliphatic heterocycles. The third kappa shape index (κ3) is 9.54. The minimum absolute atomic E-state index is 0.123. The van der Waals surface area contributed by atoms with Crippen LogP contribution in [0, 0.1) is 12.8 Å². The summed E-state index contributed by atoms with van der Waals surface area (Å²) in [6.45, 7) is 11.4. The van der Waals surface area contributed by atoms with Crippen LogP contribution < -0.4 is 4.74 Å². The SMILES string of the molecule is Cc1cc(-c2ncc3c(n2)CCN(CC(C)CC(=O)O)C3)ccc1OCc1ccc(C(C)C)cc1.O=C(O)C(F)(F)F. The zero-order chi connectivity index (χ0) is 31.0. The van der Waals surface area contributed by atoms with E-state index < -0.39 is 18.1 Å². The van der Waals surface area contributed by atoms with E-state index in [1.165, 1.54) is 5.56 Å². The van der Waals surface area contributed by atoms with Gasteiger partial charge in [-0.3, -0.25) is 9.69 Å². The number of ether oxygens (including phenoxy) is 1. The van der Waals surface area contributed by atoms with Gasteiger partial charge in [-0.05, 0) is 53.6 Å². The predicted octanol–water partition coefficient (Wildman–Crippen LogP) is 6.26. The molecule has 42 heavy (non-hydrogen) atoms. The van der Waals surface area contributed by atoms with Gasteiger partial charge in [0.25, 0.3) is 0 Å². The number of aryl methyl sites for hydroxylation is 1. The number of benzene rings is 2. The molecule has 1 aromatic heterocycles. The number of carboxylic acid groups (broad SMARTS) is 2. The van der Waals surface area contributed by atoms with E-state index in [1.807, 2.05) is 25.3 Å². The molecule has 8 nitrogen and oxygen atoms in total. The minimum Gasteiger partial charge on any atom is -0.489 e. The van der Waals surface area contributed by atoms with Crippen molar-refractivity contribution in [3.63, 3.8) is 0 Å². The lowest BCUT2D eigenvalue weighted by Crippen LogP contribution is -2.35. The normalized spacial score (nSPS) is 14.0. The predicted molar refractivity (Wildman–Crippen MR) is 151 cm³/mol. The highest BCUT2D eigenvalue weighted by molar-refractivity contribution is 5.73. The Bertz CT molecular complexity index is 1380. The lowest BCUT2D eigenvalue weighted by molar-refractivity contribution is -0.192. The smallest absolute Gasteiger partial charge is 0.489 e. The van der Waals surface area contributed by atoms with Gasteiger partial charge >= 0.3 is 18.1 Å². The Balaban J connectivity index is 0.000000616. The number of carbonyl (C=O) groups is 2.